The minimum atomic E-state index is -3.73. The topological polar surface area (TPSA) is 110 Å². The van der Waals surface area contributed by atoms with Crippen molar-refractivity contribution in [1.29, 1.82) is 0 Å². The van der Waals surface area contributed by atoms with E-state index in [9.17, 15) is 22.8 Å². The fourth-order valence-electron chi connectivity index (χ4n) is 4.01. The Hall–Kier alpha value is -3.53. The maximum absolute atomic E-state index is 13.0. The van der Waals surface area contributed by atoms with Gasteiger partial charge in [-0.15, -0.1) is 0 Å². The molecule has 0 saturated carbocycles. The quantitative estimate of drug-likeness (QED) is 0.332. The van der Waals surface area contributed by atoms with Gasteiger partial charge < -0.3 is 10.1 Å². The Morgan fingerprint density at radius 2 is 1.51 bits per heavy atom. The number of anilines is 1. The zero-order valence-corrected chi connectivity index (χ0v) is 21.4. The molecule has 1 N–H and O–H groups in total. The van der Waals surface area contributed by atoms with E-state index < -0.39 is 28.5 Å². The van der Waals surface area contributed by atoms with E-state index in [1.807, 2.05) is 0 Å². The summed E-state index contributed by atoms with van der Waals surface area (Å²) in [5, 5.41) is 2.63. The van der Waals surface area contributed by atoms with Crippen LogP contribution in [-0.4, -0.2) is 50.1 Å². The summed E-state index contributed by atoms with van der Waals surface area (Å²) in [7, 11) is -3.73. The van der Waals surface area contributed by atoms with Gasteiger partial charge in [0.15, 0.2) is 12.4 Å². The van der Waals surface area contributed by atoms with Crippen molar-refractivity contribution in [3.05, 3.63) is 94.5 Å². The molecule has 3 aromatic carbocycles. The molecule has 1 saturated heterocycles. The average molecular weight is 541 g/mol. The van der Waals surface area contributed by atoms with Crippen LogP contribution in [0.1, 0.15) is 45.5 Å². The largest absolute Gasteiger partial charge is 0.452 e. The van der Waals surface area contributed by atoms with E-state index in [2.05, 4.69) is 5.32 Å². The normalized spacial score (nSPS) is 14.1. The smallest absolute Gasteiger partial charge is 0.339 e. The standard InChI is InChI=1S/C27H25ClN2O6S/c28-23-14-13-20(37(34,35)30-15-7-2-8-16-30)17-24(23)29-25(31)18-36-27(33)22-12-6-5-11-21(22)26(32)19-9-3-1-4-10-19/h1,3-6,9-14,17H,2,7-8,15-16,18H2,(H,29,31). The van der Waals surface area contributed by atoms with E-state index in [-0.39, 0.29) is 32.5 Å². The third-order valence-corrected chi connectivity index (χ3v) is 8.15. The molecule has 1 fully saturated rings. The number of carbonyl (C=O) groups excluding carboxylic acids is 3. The summed E-state index contributed by atoms with van der Waals surface area (Å²) in [5.41, 5.74) is 0.671. The Balaban J connectivity index is 1.43. The van der Waals surface area contributed by atoms with Crippen LogP contribution in [0.25, 0.3) is 0 Å². The average Bonchev–Trinajstić information content (AvgIpc) is 2.93. The molecular weight excluding hydrogens is 516 g/mol. The van der Waals surface area contributed by atoms with Gasteiger partial charge in [0.2, 0.25) is 10.0 Å². The molecule has 10 heteroatoms. The zero-order chi connectivity index (χ0) is 26.4. The summed E-state index contributed by atoms with van der Waals surface area (Å²) >= 11 is 6.18. The third kappa shape index (κ3) is 6.25. The number of piperidine rings is 1. The highest BCUT2D eigenvalue weighted by molar-refractivity contribution is 7.89. The fourth-order valence-corrected chi connectivity index (χ4v) is 5.72. The van der Waals surface area contributed by atoms with Crippen LogP contribution < -0.4 is 5.32 Å². The number of amides is 1. The molecule has 1 amide bonds. The van der Waals surface area contributed by atoms with Crippen LogP contribution in [0.3, 0.4) is 0 Å². The van der Waals surface area contributed by atoms with Crippen molar-refractivity contribution in [3.63, 3.8) is 0 Å². The molecule has 0 radical (unpaired) electrons. The van der Waals surface area contributed by atoms with Gasteiger partial charge in [0.1, 0.15) is 0 Å². The van der Waals surface area contributed by atoms with Crippen molar-refractivity contribution >= 4 is 45.0 Å². The number of rotatable bonds is 8. The molecule has 0 unspecified atom stereocenters. The zero-order valence-electron chi connectivity index (χ0n) is 19.9. The summed E-state index contributed by atoms with van der Waals surface area (Å²) in [6, 6.07) is 18.8. The first-order valence-electron chi connectivity index (χ1n) is 11.7. The lowest BCUT2D eigenvalue weighted by Gasteiger charge is -2.26. The highest BCUT2D eigenvalue weighted by Crippen LogP contribution is 2.28. The maximum Gasteiger partial charge on any atom is 0.339 e. The number of nitrogens with zero attached hydrogens (tertiary/aromatic N) is 1. The van der Waals surface area contributed by atoms with Gasteiger partial charge in [0.25, 0.3) is 5.91 Å². The minimum Gasteiger partial charge on any atom is -0.452 e. The number of hydrogen-bond acceptors (Lipinski definition) is 6. The summed E-state index contributed by atoms with van der Waals surface area (Å²) in [5.74, 6) is -1.91. The molecule has 192 valence electrons. The summed E-state index contributed by atoms with van der Waals surface area (Å²) < 4.78 is 32.5. The first-order valence-corrected chi connectivity index (χ1v) is 13.5. The van der Waals surface area contributed by atoms with Crippen molar-refractivity contribution < 1.29 is 27.5 Å². The summed E-state index contributed by atoms with van der Waals surface area (Å²) in [6.07, 6.45) is 2.57. The highest BCUT2D eigenvalue weighted by Gasteiger charge is 2.27. The number of sulfonamides is 1. The Morgan fingerprint density at radius 1 is 0.865 bits per heavy atom. The van der Waals surface area contributed by atoms with E-state index in [0.29, 0.717) is 18.7 Å². The van der Waals surface area contributed by atoms with Crippen LogP contribution in [0.2, 0.25) is 5.02 Å². The molecule has 3 aromatic rings. The number of carbonyl (C=O) groups is 3. The lowest BCUT2D eigenvalue weighted by Crippen LogP contribution is -2.35. The minimum absolute atomic E-state index is 0.0134. The number of halogens is 1. The van der Waals surface area contributed by atoms with Crippen LogP contribution in [0.4, 0.5) is 5.69 Å². The van der Waals surface area contributed by atoms with Gasteiger partial charge in [-0.2, -0.15) is 4.31 Å². The lowest BCUT2D eigenvalue weighted by molar-refractivity contribution is -0.119. The highest BCUT2D eigenvalue weighted by atomic mass is 35.5. The van der Waals surface area contributed by atoms with Crippen molar-refractivity contribution in [1.82, 2.24) is 4.31 Å². The Kier molecular flexibility index (Phi) is 8.38. The molecule has 8 nitrogen and oxygen atoms in total. The number of hydrogen-bond donors (Lipinski definition) is 1. The maximum atomic E-state index is 13.0. The number of esters is 1. The molecule has 0 atom stereocenters. The Labute approximate surface area is 220 Å². The SMILES string of the molecule is O=C(COC(=O)c1ccccc1C(=O)c1ccccc1)Nc1cc(S(=O)(=O)N2CCCCC2)ccc1Cl. The monoisotopic (exact) mass is 540 g/mol. The molecule has 1 aliphatic rings. The van der Waals surface area contributed by atoms with Crippen molar-refractivity contribution in [2.75, 3.05) is 25.0 Å². The van der Waals surface area contributed by atoms with Crippen LogP contribution in [-0.2, 0) is 19.6 Å². The van der Waals surface area contributed by atoms with Gasteiger partial charge in [-0.25, -0.2) is 13.2 Å². The van der Waals surface area contributed by atoms with Gasteiger partial charge in [0.05, 0.1) is 21.2 Å². The molecule has 0 spiro atoms. The molecule has 37 heavy (non-hydrogen) atoms. The van der Waals surface area contributed by atoms with Crippen molar-refractivity contribution in [3.8, 4) is 0 Å². The van der Waals surface area contributed by atoms with Crippen molar-refractivity contribution in [2.45, 2.75) is 24.2 Å². The predicted octanol–water partition coefficient (Wildman–Crippen LogP) is 4.54. The van der Waals surface area contributed by atoms with E-state index in [4.69, 9.17) is 16.3 Å². The molecule has 1 heterocycles. The second-order valence-electron chi connectivity index (χ2n) is 8.47. The predicted molar refractivity (Wildman–Crippen MR) is 139 cm³/mol. The Bertz CT molecular complexity index is 1420. The summed E-state index contributed by atoms with van der Waals surface area (Å²) in [4.78, 5) is 38.1. The van der Waals surface area contributed by atoms with E-state index in [1.54, 1.807) is 42.5 Å². The third-order valence-electron chi connectivity index (χ3n) is 5.93. The van der Waals surface area contributed by atoms with Gasteiger partial charge in [-0.1, -0.05) is 66.6 Å². The molecular formula is C27H25ClN2O6S. The van der Waals surface area contributed by atoms with Crippen LogP contribution in [0.15, 0.2) is 77.7 Å². The van der Waals surface area contributed by atoms with Gasteiger partial charge in [-0.3, -0.25) is 9.59 Å². The van der Waals surface area contributed by atoms with Gasteiger partial charge in [0, 0.05) is 24.2 Å². The molecule has 1 aliphatic heterocycles. The molecule has 0 aromatic heterocycles. The fraction of sp³-hybridized carbons (Fsp3) is 0.222. The van der Waals surface area contributed by atoms with E-state index >= 15 is 0 Å². The number of benzene rings is 3. The summed E-state index contributed by atoms with van der Waals surface area (Å²) in [6.45, 7) is 0.222. The Morgan fingerprint density at radius 3 is 2.22 bits per heavy atom. The lowest BCUT2D eigenvalue weighted by atomic mass is 9.98. The van der Waals surface area contributed by atoms with Crippen LogP contribution in [0.5, 0.6) is 0 Å². The van der Waals surface area contributed by atoms with Crippen LogP contribution in [0, 0.1) is 0 Å². The molecule has 4 rings (SSSR count). The van der Waals surface area contributed by atoms with Crippen LogP contribution >= 0.6 is 11.6 Å². The molecule has 0 aliphatic carbocycles. The second kappa shape index (κ2) is 11.7. The molecule has 0 bridgehead atoms. The second-order valence-corrected chi connectivity index (χ2v) is 10.8. The van der Waals surface area contributed by atoms with E-state index in [1.165, 1.54) is 34.6 Å². The van der Waals surface area contributed by atoms with E-state index in [0.717, 1.165) is 19.3 Å². The first-order chi connectivity index (χ1) is 17.8. The number of ether oxygens (including phenoxy) is 1. The van der Waals surface area contributed by atoms with Gasteiger partial charge >= 0.3 is 5.97 Å². The van der Waals surface area contributed by atoms with Gasteiger partial charge in [-0.05, 0) is 37.1 Å². The number of ketones is 1. The van der Waals surface area contributed by atoms with Crippen molar-refractivity contribution in [2.24, 2.45) is 0 Å². The first kappa shape index (κ1) is 26.5. The number of nitrogens with one attached hydrogen (secondary N) is 1.